The van der Waals surface area contributed by atoms with Gasteiger partial charge in [0.1, 0.15) is 6.04 Å². The monoisotopic (exact) mass is 572 g/mol. The molecule has 3 aromatic rings. The maximum atomic E-state index is 13.6. The first kappa shape index (κ1) is 27.3. The van der Waals surface area contributed by atoms with Crippen molar-refractivity contribution in [2.75, 3.05) is 5.75 Å². The van der Waals surface area contributed by atoms with E-state index >= 15 is 0 Å². The van der Waals surface area contributed by atoms with Crippen LogP contribution in [0.5, 0.6) is 0 Å². The van der Waals surface area contributed by atoms with Gasteiger partial charge in [0.05, 0.1) is 5.75 Å². The molecule has 0 aliphatic carbocycles. The zero-order valence-electron chi connectivity index (χ0n) is 19.9. The summed E-state index contributed by atoms with van der Waals surface area (Å²) in [5.41, 5.74) is 2.96. The molecule has 0 fully saturated rings. The molecule has 184 valence electrons. The van der Waals surface area contributed by atoms with Gasteiger partial charge < -0.3 is 10.2 Å². The van der Waals surface area contributed by atoms with Crippen molar-refractivity contribution < 1.29 is 9.59 Å². The second-order valence-electron chi connectivity index (χ2n) is 8.60. The highest BCUT2D eigenvalue weighted by Crippen LogP contribution is 2.23. The zero-order chi connectivity index (χ0) is 25.2. The number of rotatable bonds is 11. The van der Waals surface area contributed by atoms with Crippen molar-refractivity contribution >= 4 is 51.1 Å². The van der Waals surface area contributed by atoms with E-state index in [9.17, 15) is 9.59 Å². The van der Waals surface area contributed by atoms with E-state index in [0.717, 1.165) is 21.2 Å². The third-order valence-corrected chi connectivity index (χ3v) is 7.27. The smallest absolute Gasteiger partial charge is 0.243 e. The van der Waals surface area contributed by atoms with Crippen molar-refractivity contribution in [3.05, 3.63) is 105 Å². The molecule has 7 heteroatoms. The van der Waals surface area contributed by atoms with E-state index in [0.29, 0.717) is 23.7 Å². The van der Waals surface area contributed by atoms with Crippen LogP contribution in [0.15, 0.2) is 83.3 Å². The molecule has 0 unspecified atom stereocenters. The van der Waals surface area contributed by atoms with E-state index in [-0.39, 0.29) is 23.6 Å². The number of hydrogen-bond acceptors (Lipinski definition) is 3. The maximum absolute atomic E-state index is 13.6. The number of benzene rings is 3. The number of nitrogens with zero attached hydrogens (tertiary/aromatic N) is 1. The summed E-state index contributed by atoms with van der Waals surface area (Å²) in [5.74, 6) is 0.649. The summed E-state index contributed by atoms with van der Waals surface area (Å²) in [4.78, 5) is 28.7. The highest BCUT2D eigenvalue weighted by atomic mass is 79.9. The Balaban J connectivity index is 1.84. The summed E-state index contributed by atoms with van der Waals surface area (Å²) in [6, 6.07) is 24.7. The molecule has 1 atom stereocenters. The van der Waals surface area contributed by atoms with Crippen molar-refractivity contribution in [1.82, 2.24) is 10.2 Å². The first-order valence-electron chi connectivity index (χ1n) is 11.5. The first-order valence-corrected chi connectivity index (χ1v) is 13.9. The predicted molar refractivity (Wildman–Crippen MR) is 150 cm³/mol. The Morgan fingerprint density at radius 1 is 0.943 bits per heavy atom. The zero-order valence-corrected chi connectivity index (χ0v) is 23.1. The van der Waals surface area contributed by atoms with Gasteiger partial charge in [-0.1, -0.05) is 88.2 Å². The van der Waals surface area contributed by atoms with Gasteiger partial charge in [0.15, 0.2) is 0 Å². The summed E-state index contributed by atoms with van der Waals surface area (Å²) >= 11 is 11.3. The van der Waals surface area contributed by atoms with Crippen LogP contribution in [0.4, 0.5) is 0 Å². The van der Waals surface area contributed by atoms with Crippen molar-refractivity contribution in [3.63, 3.8) is 0 Å². The minimum Gasteiger partial charge on any atom is -0.352 e. The van der Waals surface area contributed by atoms with Crippen LogP contribution in [0.1, 0.15) is 30.5 Å². The van der Waals surface area contributed by atoms with Gasteiger partial charge in [-0.3, -0.25) is 9.59 Å². The SMILES string of the molecule is CC(C)NC(=O)[C@@H](Cc1ccccc1)N(Cc1ccc(Br)cc1)C(=O)CSCc1ccccc1Cl. The first-order chi connectivity index (χ1) is 16.8. The quantitative estimate of drug-likeness (QED) is 0.285. The molecular formula is C28H30BrClN2O2S. The van der Waals surface area contributed by atoms with Crippen molar-refractivity contribution in [2.45, 2.75) is 44.6 Å². The van der Waals surface area contributed by atoms with E-state index in [4.69, 9.17) is 11.6 Å². The van der Waals surface area contributed by atoms with E-state index in [1.807, 2.05) is 92.7 Å². The molecule has 0 saturated carbocycles. The molecule has 35 heavy (non-hydrogen) atoms. The fourth-order valence-corrected chi connectivity index (χ4v) is 5.13. The van der Waals surface area contributed by atoms with Crippen molar-refractivity contribution in [3.8, 4) is 0 Å². The van der Waals surface area contributed by atoms with Gasteiger partial charge >= 0.3 is 0 Å². The van der Waals surface area contributed by atoms with Crippen LogP contribution in [0.3, 0.4) is 0 Å². The molecule has 3 aromatic carbocycles. The van der Waals surface area contributed by atoms with E-state index in [1.54, 1.807) is 4.90 Å². The number of thioether (sulfide) groups is 1. The largest absolute Gasteiger partial charge is 0.352 e. The summed E-state index contributed by atoms with van der Waals surface area (Å²) in [5, 5.41) is 3.71. The molecule has 1 N–H and O–H groups in total. The highest BCUT2D eigenvalue weighted by molar-refractivity contribution is 9.10. The van der Waals surface area contributed by atoms with E-state index in [2.05, 4.69) is 21.2 Å². The third kappa shape index (κ3) is 8.71. The van der Waals surface area contributed by atoms with Gasteiger partial charge in [-0.05, 0) is 48.7 Å². The van der Waals surface area contributed by atoms with Crippen LogP contribution in [0.2, 0.25) is 5.02 Å². The number of amides is 2. The Kier molecular flexibility index (Phi) is 10.7. The molecule has 0 saturated heterocycles. The Hall–Kier alpha value is -2.28. The molecule has 0 heterocycles. The number of carbonyl (C=O) groups excluding carboxylic acids is 2. The molecule has 3 rings (SSSR count). The lowest BCUT2D eigenvalue weighted by molar-refractivity contribution is -0.139. The summed E-state index contributed by atoms with van der Waals surface area (Å²) < 4.78 is 0.966. The van der Waals surface area contributed by atoms with Gasteiger partial charge in [0.2, 0.25) is 11.8 Å². The molecule has 0 spiro atoms. The molecule has 0 radical (unpaired) electrons. The fraction of sp³-hybridized carbons (Fsp3) is 0.286. The Morgan fingerprint density at radius 3 is 2.26 bits per heavy atom. The lowest BCUT2D eigenvalue weighted by Crippen LogP contribution is -2.52. The number of nitrogens with one attached hydrogen (secondary N) is 1. The Morgan fingerprint density at radius 2 is 1.60 bits per heavy atom. The summed E-state index contributed by atoms with van der Waals surface area (Å²) in [6.45, 7) is 4.21. The van der Waals surface area contributed by atoms with Gasteiger partial charge in [0, 0.05) is 34.3 Å². The fourth-order valence-electron chi connectivity index (χ4n) is 3.67. The van der Waals surface area contributed by atoms with E-state index in [1.165, 1.54) is 11.8 Å². The number of halogens is 2. The molecule has 0 aliphatic rings. The van der Waals surface area contributed by atoms with Crippen molar-refractivity contribution in [2.24, 2.45) is 0 Å². The molecule has 4 nitrogen and oxygen atoms in total. The average molecular weight is 574 g/mol. The minimum atomic E-state index is -0.628. The van der Waals surface area contributed by atoms with Crippen molar-refractivity contribution in [1.29, 1.82) is 0 Å². The number of hydrogen-bond donors (Lipinski definition) is 1. The molecule has 2 amide bonds. The van der Waals surface area contributed by atoms with Crippen LogP contribution in [0.25, 0.3) is 0 Å². The Labute approximate surface area is 225 Å². The molecule has 0 bridgehead atoms. The second kappa shape index (κ2) is 13.7. The third-order valence-electron chi connectivity index (χ3n) is 5.41. The van der Waals surface area contributed by atoms with Gasteiger partial charge in [-0.25, -0.2) is 0 Å². The minimum absolute atomic E-state index is 0.0278. The summed E-state index contributed by atoms with van der Waals surface area (Å²) in [6.07, 6.45) is 0.441. The molecule has 0 aliphatic heterocycles. The molecule has 0 aromatic heterocycles. The maximum Gasteiger partial charge on any atom is 0.243 e. The van der Waals surface area contributed by atoms with E-state index < -0.39 is 6.04 Å². The average Bonchev–Trinajstić information content (AvgIpc) is 2.84. The topological polar surface area (TPSA) is 49.4 Å². The van der Waals surface area contributed by atoms with Gasteiger partial charge in [0.25, 0.3) is 0 Å². The lowest BCUT2D eigenvalue weighted by atomic mass is 10.0. The normalized spacial score (nSPS) is 11.8. The number of carbonyl (C=O) groups is 2. The highest BCUT2D eigenvalue weighted by Gasteiger charge is 2.30. The van der Waals surface area contributed by atoms with Gasteiger partial charge in [-0.15, -0.1) is 11.8 Å². The van der Waals surface area contributed by atoms with Crippen LogP contribution in [-0.4, -0.2) is 34.6 Å². The summed E-state index contributed by atoms with van der Waals surface area (Å²) in [7, 11) is 0. The second-order valence-corrected chi connectivity index (χ2v) is 10.9. The van der Waals surface area contributed by atoms with Crippen LogP contribution in [0, 0.1) is 0 Å². The van der Waals surface area contributed by atoms with Crippen LogP contribution < -0.4 is 5.32 Å². The lowest BCUT2D eigenvalue weighted by Gasteiger charge is -2.32. The van der Waals surface area contributed by atoms with Gasteiger partial charge in [-0.2, -0.15) is 0 Å². The Bertz CT molecular complexity index is 1110. The van der Waals surface area contributed by atoms with Crippen LogP contribution >= 0.6 is 39.3 Å². The predicted octanol–water partition coefficient (Wildman–Crippen LogP) is 6.50. The standard InChI is InChI=1S/C28H30BrClN2O2S/c1-20(2)31-28(34)26(16-21-8-4-3-5-9-21)32(17-22-12-14-24(29)15-13-22)27(33)19-35-18-23-10-6-7-11-25(23)30/h3-15,20,26H,16-19H2,1-2H3,(H,31,34)/t26-/m1/s1. The van der Waals surface area contributed by atoms with Crippen LogP contribution in [-0.2, 0) is 28.3 Å². The molecular weight excluding hydrogens is 544 g/mol.